The van der Waals surface area contributed by atoms with E-state index < -0.39 is 0 Å². The maximum absolute atomic E-state index is 7.74. The summed E-state index contributed by atoms with van der Waals surface area (Å²) < 4.78 is 0. The molecule has 1 fully saturated rings. The minimum Gasteiger partial charge on any atom is -0.390 e. The van der Waals surface area contributed by atoms with Gasteiger partial charge in [-0.2, -0.15) is 0 Å². The molecule has 0 aromatic heterocycles. The van der Waals surface area contributed by atoms with Gasteiger partial charge in [0.15, 0.2) is 6.17 Å². The number of nitrogens with zero attached hydrogens (tertiary/aromatic N) is 1. The van der Waals surface area contributed by atoms with E-state index in [-0.39, 0.29) is 17.9 Å². The molecule has 1 saturated carbocycles. The second kappa shape index (κ2) is 11.5. The molecule has 1 aliphatic carbocycles. The first-order valence-electron chi connectivity index (χ1n) is 12.6. The highest BCUT2D eigenvalue weighted by atomic mass is 16.7. The third kappa shape index (κ3) is 6.44. The lowest BCUT2D eigenvalue weighted by atomic mass is 9.85. The lowest BCUT2D eigenvalue weighted by Gasteiger charge is -2.21. The van der Waals surface area contributed by atoms with Crippen LogP contribution in [-0.4, -0.2) is 11.7 Å². The van der Waals surface area contributed by atoms with Gasteiger partial charge in [0, 0.05) is 0 Å². The fourth-order valence-electron chi connectivity index (χ4n) is 5.12. The zero-order valence-electron chi connectivity index (χ0n) is 19.9. The monoisotopic (exact) mass is 446 g/mol. The van der Waals surface area contributed by atoms with E-state index in [1.807, 2.05) is 6.92 Å². The second-order valence-electron chi connectivity index (χ2n) is 9.61. The van der Waals surface area contributed by atoms with Crippen molar-refractivity contribution in [3.63, 3.8) is 0 Å². The predicted molar refractivity (Wildman–Crippen MR) is 135 cm³/mol. The second-order valence-corrected chi connectivity index (χ2v) is 9.61. The Morgan fingerprint density at radius 3 is 2.39 bits per heavy atom. The van der Waals surface area contributed by atoms with E-state index in [9.17, 15) is 0 Å². The Hall–Kier alpha value is -2.66. The molecule has 33 heavy (non-hydrogen) atoms. The van der Waals surface area contributed by atoms with Crippen LogP contribution in [0, 0.1) is 17.2 Å². The van der Waals surface area contributed by atoms with Gasteiger partial charge in [-0.05, 0) is 60.3 Å². The summed E-state index contributed by atoms with van der Waals surface area (Å²) in [6.45, 7) is 1.98. The first-order valence-corrected chi connectivity index (χ1v) is 12.6. The molecule has 1 heterocycles. The number of nitrogens with one attached hydrogen (secondary N) is 2. The predicted octanol–water partition coefficient (Wildman–Crippen LogP) is 5.88. The molecule has 0 bridgehead atoms. The van der Waals surface area contributed by atoms with Gasteiger partial charge in [-0.25, -0.2) is 4.99 Å². The molecule has 2 atom stereocenters. The van der Waals surface area contributed by atoms with E-state index in [4.69, 9.17) is 16.0 Å². The molecular formula is C28H38N4O. The lowest BCUT2D eigenvalue weighted by Crippen LogP contribution is -2.30. The van der Waals surface area contributed by atoms with E-state index in [1.54, 1.807) is 0 Å². The molecule has 0 radical (unpaired) electrons. The highest BCUT2D eigenvalue weighted by molar-refractivity contribution is 6.01. The van der Waals surface area contributed by atoms with Crippen molar-refractivity contribution in [2.24, 2.45) is 22.6 Å². The van der Waals surface area contributed by atoms with Crippen LogP contribution in [-0.2, 0) is 24.1 Å². The number of benzene rings is 2. The van der Waals surface area contributed by atoms with Crippen LogP contribution in [0.1, 0.15) is 80.3 Å². The highest BCUT2D eigenvalue weighted by Gasteiger charge is 2.27. The van der Waals surface area contributed by atoms with Gasteiger partial charge in [0.2, 0.25) is 5.90 Å². The van der Waals surface area contributed by atoms with Crippen LogP contribution < -0.4 is 11.2 Å². The van der Waals surface area contributed by atoms with Crippen molar-refractivity contribution in [3.8, 4) is 0 Å². The summed E-state index contributed by atoms with van der Waals surface area (Å²) in [7, 11) is 0. The molecule has 4 N–H and O–H groups in total. The van der Waals surface area contributed by atoms with Gasteiger partial charge in [0.1, 0.15) is 5.84 Å². The molecule has 2 aliphatic rings. The summed E-state index contributed by atoms with van der Waals surface area (Å²) >= 11 is 0. The number of rotatable bonds is 10. The summed E-state index contributed by atoms with van der Waals surface area (Å²) in [5.74, 6) is 1.26. The topological polar surface area (TPSA) is 83.5 Å². The van der Waals surface area contributed by atoms with Crippen LogP contribution in [0.5, 0.6) is 0 Å². The number of hydrogen-bond acceptors (Lipinski definition) is 4. The first kappa shape index (κ1) is 23.5. The maximum Gasteiger partial charge on any atom is 0.222 e. The van der Waals surface area contributed by atoms with Gasteiger partial charge in [-0.3, -0.25) is 5.41 Å². The minimum absolute atomic E-state index is 0.0911. The number of aliphatic imine (C=N–C) groups is 1. The molecule has 176 valence electrons. The smallest absolute Gasteiger partial charge is 0.222 e. The van der Waals surface area contributed by atoms with Crippen LogP contribution in [0.15, 0.2) is 53.5 Å². The van der Waals surface area contributed by atoms with E-state index in [2.05, 4.69) is 59.0 Å². The van der Waals surface area contributed by atoms with Gasteiger partial charge in [0.25, 0.3) is 0 Å². The quantitative estimate of drug-likeness (QED) is 0.315. The molecule has 2 aromatic rings. The van der Waals surface area contributed by atoms with E-state index in [1.165, 1.54) is 61.6 Å². The van der Waals surface area contributed by atoms with Gasteiger partial charge in [-0.15, -0.1) is 5.48 Å². The van der Waals surface area contributed by atoms with Crippen LogP contribution in [0.2, 0.25) is 0 Å². The molecule has 0 amide bonds. The van der Waals surface area contributed by atoms with Gasteiger partial charge >= 0.3 is 0 Å². The summed E-state index contributed by atoms with van der Waals surface area (Å²) in [6, 6.07) is 17.7. The van der Waals surface area contributed by atoms with E-state index >= 15 is 0 Å². The van der Waals surface area contributed by atoms with Crippen molar-refractivity contribution in [1.29, 1.82) is 5.41 Å². The zero-order chi connectivity index (χ0) is 23.0. The largest absolute Gasteiger partial charge is 0.390 e. The van der Waals surface area contributed by atoms with Crippen LogP contribution in [0.4, 0.5) is 0 Å². The third-order valence-corrected chi connectivity index (χ3v) is 7.14. The molecule has 0 saturated heterocycles. The number of amidine groups is 1. The average molecular weight is 447 g/mol. The maximum atomic E-state index is 7.74. The van der Waals surface area contributed by atoms with Gasteiger partial charge in [-0.1, -0.05) is 87.6 Å². The van der Waals surface area contributed by atoms with Crippen LogP contribution >= 0.6 is 0 Å². The molecule has 4 rings (SSSR count). The number of nitrogens with two attached hydrogens (primary N) is 1. The van der Waals surface area contributed by atoms with Crippen molar-refractivity contribution < 1.29 is 4.84 Å². The summed E-state index contributed by atoms with van der Waals surface area (Å²) in [6.07, 6.45) is 12.2. The SMILES string of the molecule is CCC(C(=N)N)C1=NC(c2cccc(CCc3cccc(CCC4CCCCC4)c3)c2)NO1. The average Bonchev–Trinajstić information content (AvgIpc) is 3.33. The van der Waals surface area contributed by atoms with Gasteiger partial charge in [0.05, 0.1) is 5.92 Å². The van der Waals surface area contributed by atoms with Crippen LogP contribution in [0.3, 0.4) is 0 Å². The van der Waals surface area contributed by atoms with Crippen molar-refractivity contribution in [2.75, 3.05) is 0 Å². The number of hydrogen-bond donors (Lipinski definition) is 3. The Kier molecular flexibility index (Phi) is 8.16. The Bertz CT molecular complexity index is 964. The Morgan fingerprint density at radius 2 is 1.70 bits per heavy atom. The third-order valence-electron chi connectivity index (χ3n) is 7.14. The highest BCUT2D eigenvalue weighted by Crippen LogP contribution is 2.28. The molecule has 1 aliphatic heterocycles. The molecule has 2 aromatic carbocycles. The number of aryl methyl sites for hydroxylation is 3. The summed E-state index contributed by atoms with van der Waals surface area (Å²) in [5.41, 5.74) is 13.9. The molecule has 0 spiro atoms. The Morgan fingerprint density at radius 1 is 1.03 bits per heavy atom. The molecule has 2 unspecified atom stereocenters. The fourth-order valence-corrected chi connectivity index (χ4v) is 5.12. The number of hydroxylamine groups is 1. The zero-order valence-corrected chi connectivity index (χ0v) is 19.9. The summed E-state index contributed by atoms with van der Waals surface area (Å²) in [5, 5.41) is 7.74. The van der Waals surface area contributed by atoms with Crippen molar-refractivity contribution in [1.82, 2.24) is 5.48 Å². The summed E-state index contributed by atoms with van der Waals surface area (Å²) in [4.78, 5) is 10.2. The first-order chi connectivity index (χ1) is 16.1. The van der Waals surface area contributed by atoms with E-state index in [0.717, 1.165) is 24.3 Å². The Labute approximate surface area is 198 Å². The molecule has 5 nitrogen and oxygen atoms in total. The van der Waals surface area contributed by atoms with Crippen molar-refractivity contribution in [3.05, 3.63) is 70.8 Å². The molecule has 5 heteroatoms. The van der Waals surface area contributed by atoms with Crippen molar-refractivity contribution in [2.45, 2.75) is 77.3 Å². The Balaban J connectivity index is 1.34. The molecular weight excluding hydrogens is 408 g/mol. The van der Waals surface area contributed by atoms with Gasteiger partial charge < -0.3 is 10.6 Å². The van der Waals surface area contributed by atoms with Crippen LogP contribution in [0.25, 0.3) is 0 Å². The normalized spacial score (nSPS) is 19.7. The standard InChI is InChI=1S/C28H38N4O/c1-2-25(26(29)30)28-31-27(32-33-28)24-13-7-12-23(19-24)17-16-22-11-6-10-21(18-22)15-14-20-8-4-3-5-9-20/h6-7,10-13,18-20,25,27,32H,2-5,8-9,14-17H2,1H3,(H3,29,30). The lowest BCUT2D eigenvalue weighted by molar-refractivity contribution is 0.172. The van der Waals surface area contributed by atoms with E-state index in [0.29, 0.717) is 12.3 Å². The minimum atomic E-state index is -0.268. The fraction of sp³-hybridized carbons (Fsp3) is 0.500. The van der Waals surface area contributed by atoms with Crippen molar-refractivity contribution >= 4 is 11.7 Å².